The molecule has 0 unspecified atom stereocenters. The van der Waals surface area contributed by atoms with Gasteiger partial charge in [-0.2, -0.15) is 0 Å². The first kappa shape index (κ1) is 28.0. The summed E-state index contributed by atoms with van der Waals surface area (Å²) in [5, 5.41) is 83.0. The fourth-order valence-electron chi connectivity index (χ4n) is 3.79. The van der Waals surface area contributed by atoms with Gasteiger partial charge in [0.05, 0.1) is 52.9 Å². The predicted octanol–water partition coefficient (Wildman–Crippen LogP) is -4.71. The van der Waals surface area contributed by atoms with E-state index in [1.54, 1.807) is 0 Å². The zero-order valence-electron chi connectivity index (χ0n) is 17.4. The van der Waals surface area contributed by atoms with E-state index < -0.39 is 73.9 Å². The summed E-state index contributed by atoms with van der Waals surface area (Å²) in [5.74, 6) is 0.352. The van der Waals surface area contributed by atoms with Gasteiger partial charge in [0.15, 0.2) is 17.5 Å². The molecule has 0 bridgehead atoms. The van der Waals surface area contributed by atoms with Crippen molar-refractivity contribution >= 4 is 11.6 Å². The normalized spacial score (nSPS) is 42.8. The standard InChI is InChI=1S/C18H33ClO13/c19-1-2-28-3-4-29-5-6-30-16-15(25)18(27,13(23)11(8-21)32-16)17(26)9-31-10(7-20)12(22)14(17)24/h10-16,20-27H,1-9H2/t10-,11-,12+,13+,14+,15+,16+,17-,18+/m1/s1. The molecule has 0 aromatic heterocycles. The van der Waals surface area contributed by atoms with E-state index in [9.17, 15) is 40.9 Å². The third-order valence-electron chi connectivity index (χ3n) is 5.69. The molecule has 2 aliphatic heterocycles. The molecule has 0 aromatic rings. The molecule has 0 amide bonds. The molecular formula is C18H33ClO13. The highest BCUT2D eigenvalue weighted by Crippen LogP contribution is 2.43. The van der Waals surface area contributed by atoms with Crippen molar-refractivity contribution in [3.8, 4) is 0 Å². The van der Waals surface area contributed by atoms with E-state index in [4.69, 9.17) is 35.3 Å². The van der Waals surface area contributed by atoms with Gasteiger partial charge in [-0.3, -0.25) is 0 Å². The number of hydrogen-bond acceptors (Lipinski definition) is 13. The van der Waals surface area contributed by atoms with E-state index in [1.807, 2.05) is 0 Å². The fourth-order valence-corrected chi connectivity index (χ4v) is 3.90. The third kappa shape index (κ3) is 5.53. The SMILES string of the molecule is OC[C@H]1OC[C@](O)([C@@]2(O)[C@@H](O)[C@@H](OCCOCCOCCCl)O[C@H](CO)[C@@H]2O)[C@@H](O)[C@H]1O. The van der Waals surface area contributed by atoms with Gasteiger partial charge in [0, 0.05) is 5.88 Å². The van der Waals surface area contributed by atoms with Crippen LogP contribution in [0.3, 0.4) is 0 Å². The van der Waals surface area contributed by atoms with Gasteiger partial charge in [0.25, 0.3) is 0 Å². The van der Waals surface area contributed by atoms with Gasteiger partial charge in [-0.05, 0) is 0 Å². The molecule has 0 spiro atoms. The molecule has 2 heterocycles. The van der Waals surface area contributed by atoms with Crippen LogP contribution in [0.1, 0.15) is 0 Å². The highest BCUT2D eigenvalue weighted by molar-refractivity contribution is 6.17. The molecule has 2 fully saturated rings. The van der Waals surface area contributed by atoms with Gasteiger partial charge in [-0.25, -0.2) is 0 Å². The smallest absolute Gasteiger partial charge is 0.187 e. The molecule has 2 aliphatic rings. The number of halogens is 1. The van der Waals surface area contributed by atoms with E-state index in [-0.39, 0.29) is 19.8 Å². The van der Waals surface area contributed by atoms with Crippen molar-refractivity contribution < 1.29 is 64.5 Å². The van der Waals surface area contributed by atoms with Gasteiger partial charge < -0.3 is 64.5 Å². The lowest BCUT2D eigenvalue weighted by molar-refractivity contribution is -0.393. The van der Waals surface area contributed by atoms with Crippen molar-refractivity contribution in [1.82, 2.24) is 0 Å². The summed E-state index contributed by atoms with van der Waals surface area (Å²) >= 11 is 5.47. The van der Waals surface area contributed by atoms with Crippen molar-refractivity contribution in [2.75, 3.05) is 58.7 Å². The zero-order valence-corrected chi connectivity index (χ0v) is 18.2. The number of rotatable bonds is 12. The second-order valence-electron chi connectivity index (χ2n) is 7.62. The van der Waals surface area contributed by atoms with E-state index in [2.05, 4.69) is 0 Å². The maximum Gasteiger partial charge on any atom is 0.187 e. The predicted molar refractivity (Wildman–Crippen MR) is 105 cm³/mol. The van der Waals surface area contributed by atoms with Crippen LogP contribution < -0.4 is 0 Å². The highest BCUT2D eigenvalue weighted by Gasteiger charge is 2.70. The molecule has 0 saturated carbocycles. The lowest BCUT2D eigenvalue weighted by atomic mass is 9.66. The summed E-state index contributed by atoms with van der Waals surface area (Å²) in [6, 6.07) is 0. The van der Waals surface area contributed by atoms with Gasteiger partial charge in [0.2, 0.25) is 0 Å². The third-order valence-corrected chi connectivity index (χ3v) is 5.84. The molecule has 0 aromatic carbocycles. The largest absolute Gasteiger partial charge is 0.394 e. The quantitative estimate of drug-likeness (QED) is 0.0952. The summed E-state index contributed by atoms with van der Waals surface area (Å²) in [5.41, 5.74) is -5.77. The molecule has 0 aliphatic carbocycles. The van der Waals surface area contributed by atoms with E-state index >= 15 is 0 Å². The Kier molecular flexibility index (Phi) is 10.9. The minimum Gasteiger partial charge on any atom is -0.394 e. The van der Waals surface area contributed by atoms with Crippen molar-refractivity contribution in [3.63, 3.8) is 0 Å². The average molecular weight is 493 g/mol. The summed E-state index contributed by atoms with van der Waals surface area (Å²) in [4.78, 5) is 0. The minimum absolute atomic E-state index is 0.0362. The van der Waals surface area contributed by atoms with Crippen LogP contribution in [-0.2, 0) is 23.7 Å². The lowest BCUT2D eigenvalue weighted by Gasteiger charge is -2.57. The monoisotopic (exact) mass is 492 g/mol. The fraction of sp³-hybridized carbons (Fsp3) is 1.00. The molecule has 2 saturated heterocycles. The Morgan fingerprint density at radius 2 is 1.41 bits per heavy atom. The van der Waals surface area contributed by atoms with Gasteiger partial charge in [-0.15, -0.1) is 11.6 Å². The van der Waals surface area contributed by atoms with Crippen LogP contribution in [0.2, 0.25) is 0 Å². The molecule has 9 atom stereocenters. The zero-order chi connectivity index (χ0) is 23.9. The Balaban J connectivity index is 2.08. The van der Waals surface area contributed by atoms with Crippen molar-refractivity contribution in [1.29, 1.82) is 0 Å². The first-order valence-electron chi connectivity index (χ1n) is 10.2. The van der Waals surface area contributed by atoms with Crippen LogP contribution in [0, 0.1) is 0 Å². The maximum atomic E-state index is 11.2. The summed E-state index contributed by atoms with van der Waals surface area (Å²) < 4.78 is 26.2. The number of aliphatic hydroxyl groups is 8. The van der Waals surface area contributed by atoms with Crippen LogP contribution >= 0.6 is 11.6 Å². The van der Waals surface area contributed by atoms with Gasteiger partial charge >= 0.3 is 0 Å². The molecule has 190 valence electrons. The second-order valence-corrected chi connectivity index (χ2v) is 7.99. The summed E-state index contributed by atoms with van der Waals surface area (Å²) in [6.45, 7) is -1.58. The van der Waals surface area contributed by atoms with E-state index in [1.165, 1.54) is 0 Å². The molecule has 14 heteroatoms. The topological polar surface area (TPSA) is 208 Å². The Morgan fingerprint density at radius 1 is 0.812 bits per heavy atom. The van der Waals surface area contributed by atoms with Gasteiger partial charge in [0.1, 0.15) is 36.6 Å². The van der Waals surface area contributed by atoms with Crippen LogP contribution in [0.4, 0.5) is 0 Å². The molecule has 2 rings (SSSR count). The Labute approximate surface area is 189 Å². The Bertz CT molecular complexity index is 559. The molecule has 8 N–H and O–H groups in total. The van der Waals surface area contributed by atoms with Crippen molar-refractivity contribution in [2.24, 2.45) is 0 Å². The Morgan fingerprint density at radius 3 is 2.00 bits per heavy atom. The van der Waals surface area contributed by atoms with Crippen LogP contribution in [0.15, 0.2) is 0 Å². The lowest BCUT2D eigenvalue weighted by Crippen LogP contribution is -2.82. The minimum atomic E-state index is -2.96. The summed E-state index contributed by atoms with van der Waals surface area (Å²) in [6.07, 6.45) is -12.7. The molecular weight excluding hydrogens is 460 g/mol. The van der Waals surface area contributed by atoms with Crippen LogP contribution in [0.5, 0.6) is 0 Å². The first-order chi connectivity index (χ1) is 15.2. The van der Waals surface area contributed by atoms with Gasteiger partial charge in [-0.1, -0.05) is 0 Å². The number of hydrogen-bond donors (Lipinski definition) is 8. The second kappa shape index (κ2) is 12.5. The van der Waals surface area contributed by atoms with Crippen molar-refractivity contribution in [2.45, 2.75) is 54.1 Å². The summed E-state index contributed by atoms with van der Waals surface area (Å²) in [7, 11) is 0. The molecule has 32 heavy (non-hydrogen) atoms. The van der Waals surface area contributed by atoms with Crippen molar-refractivity contribution in [3.05, 3.63) is 0 Å². The number of aliphatic hydroxyl groups excluding tert-OH is 6. The highest BCUT2D eigenvalue weighted by atomic mass is 35.5. The molecule has 0 radical (unpaired) electrons. The number of ether oxygens (including phenoxy) is 5. The van der Waals surface area contributed by atoms with Crippen LogP contribution in [-0.4, -0.2) is 154 Å². The Hall–Kier alpha value is -0.230. The van der Waals surface area contributed by atoms with E-state index in [0.29, 0.717) is 19.1 Å². The first-order valence-corrected chi connectivity index (χ1v) is 10.7. The van der Waals surface area contributed by atoms with E-state index in [0.717, 1.165) is 0 Å². The number of alkyl halides is 1. The average Bonchev–Trinajstić information content (AvgIpc) is 2.79. The maximum absolute atomic E-state index is 11.2. The van der Waals surface area contributed by atoms with Crippen LogP contribution in [0.25, 0.3) is 0 Å². The molecule has 13 nitrogen and oxygen atoms in total.